The molecule has 0 aliphatic heterocycles. The monoisotopic (exact) mass is 496 g/mol. The molecule has 185 valence electrons. The zero-order chi connectivity index (χ0) is 26.0. The first-order chi connectivity index (χ1) is 17.3. The highest BCUT2D eigenvalue weighted by molar-refractivity contribution is 7.77. The van der Waals surface area contributed by atoms with Crippen molar-refractivity contribution in [2.75, 3.05) is 28.3 Å². The van der Waals surface area contributed by atoms with Crippen LogP contribution in [0, 0.1) is 34.1 Å². The number of hydrogen-bond donors (Lipinski definition) is 0. The van der Waals surface area contributed by atoms with Gasteiger partial charge in [-0.15, -0.1) is 0 Å². The summed E-state index contributed by atoms with van der Waals surface area (Å²) in [7, 11) is 6.84. The fourth-order valence-corrected chi connectivity index (χ4v) is 8.02. The lowest BCUT2D eigenvalue weighted by Crippen LogP contribution is -2.33. The summed E-state index contributed by atoms with van der Waals surface area (Å²) in [5, 5.41) is 3.72. The number of methoxy groups -OCH3 is 2. The lowest BCUT2D eigenvalue weighted by Gasteiger charge is -2.32. The molecule has 0 bridgehead atoms. The van der Waals surface area contributed by atoms with Crippen molar-refractivity contribution in [3.8, 4) is 11.5 Å². The largest absolute Gasteiger partial charge is 0.496 e. The Labute approximate surface area is 217 Å². The van der Waals surface area contributed by atoms with Crippen LogP contribution in [0.2, 0.25) is 0 Å². The molecule has 0 unspecified atom stereocenters. The molecule has 2 aromatic rings. The Balaban J connectivity index is 1.90. The zero-order valence-electron chi connectivity index (χ0n) is 22.6. The normalized spacial score (nSPS) is 15.3. The fourth-order valence-electron chi connectivity index (χ4n) is 5.33. The zero-order valence-corrected chi connectivity index (χ0v) is 23.5. The SMILES string of the molecule is COc1c(C)cc(P(C2=C=C=C=C2[C@H](C2=C[CH]C=CC2)N(C)C)c2cc(C)c(OC)c(C)c2)cc1C. The van der Waals surface area contributed by atoms with E-state index in [0.717, 1.165) is 45.7 Å². The van der Waals surface area contributed by atoms with Crippen LogP contribution in [0.5, 0.6) is 11.5 Å². The molecule has 4 heteroatoms. The molecule has 3 nitrogen and oxygen atoms in total. The van der Waals surface area contributed by atoms with Gasteiger partial charge in [0.2, 0.25) is 0 Å². The Bertz CT molecular complexity index is 1290. The molecule has 2 aromatic carbocycles. The minimum absolute atomic E-state index is 0.106. The predicted octanol–water partition coefficient (Wildman–Crippen LogP) is 6.12. The van der Waals surface area contributed by atoms with E-state index < -0.39 is 7.92 Å². The average molecular weight is 497 g/mol. The van der Waals surface area contributed by atoms with E-state index in [9.17, 15) is 0 Å². The Morgan fingerprint density at radius 2 is 1.36 bits per heavy atom. The second kappa shape index (κ2) is 10.9. The third-order valence-corrected chi connectivity index (χ3v) is 9.07. The lowest BCUT2D eigenvalue weighted by atomic mass is 9.92. The van der Waals surface area contributed by atoms with E-state index in [4.69, 9.17) is 9.47 Å². The van der Waals surface area contributed by atoms with Crippen LogP contribution < -0.4 is 20.1 Å². The van der Waals surface area contributed by atoms with Crippen LogP contribution in [-0.4, -0.2) is 39.3 Å². The van der Waals surface area contributed by atoms with Crippen molar-refractivity contribution < 1.29 is 9.47 Å². The van der Waals surface area contributed by atoms with Gasteiger partial charge in [-0.05, 0) is 125 Å². The number of ether oxygens (including phenoxy) is 2. The van der Waals surface area contributed by atoms with Crippen LogP contribution in [0.15, 0.2) is 76.1 Å². The maximum atomic E-state index is 5.69. The standard InChI is InChI=1S/C32H35NO2P/c1-21-17-26(18-22(2)31(21)34-7)36(27-19-23(3)32(35-8)24(4)20-27)29-16-12-15-28(29)30(33(5)6)25-13-10-9-11-14-25/h9-11,13,17-20,30H,14H2,1-8H3/t30-/m0/s1. The second-order valence-electron chi connectivity index (χ2n) is 9.63. The van der Waals surface area contributed by atoms with Crippen LogP contribution in [-0.2, 0) is 0 Å². The highest BCUT2D eigenvalue weighted by Gasteiger charge is 2.32. The topological polar surface area (TPSA) is 21.7 Å². The van der Waals surface area contributed by atoms with Crippen molar-refractivity contribution >= 4 is 18.5 Å². The summed E-state index contributed by atoms with van der Waals surface area (Å²) in [6.07, 6.45) is 9.62. The smallest absolute Gasteiger partial charge is 0.124 e. The second-order valence-corrected chi connectivity index (χ2v) is 11.8. The van der Waals surface area contributed by atoms with E-state index in [1.54, 1.807) is 14.2 Å². The van der Waals surface area contributed by atoms with Crippen LogP contribution in [0.4, 0.5) is 0 Å². The summed E-state index contributed by atoms with van der Waals surface area (Å²) in [6.45, 7) is 8.50. The predicted molar refractivity (Wildman–Crippen MR) is 152 cm³/mol. The minimum Gasteiger partial charge on any atom is -0.496 e. The van der Waals surface area contributed by atoms with E-state index >= 15 is 0 Å². The third-order valence-electron chi connectivity index (χ3n) is 6.72. The van der Waals surface area contributed by atoms with Gasteiger partial charge in [0.1, 0.15) is 11.5 Å². The van der Waals surface area contributed by atoms with Gasteiger partial charge >= 0.3 is 0 Å². The molecule has 0 aromatic heterocycles. The van der Waals surface area contributed by atoms with Crippen LogP contribution in [0.3, 0.4) is 0 Å². The van der Waals surface area contributed by atoms with E-state index in [2.05, 4.69) is 113 Å². The maximum Gasteiger partial charge on any atom is 0.124 e. The Morgan fingerprint density at radius 3 is 1.78 bits per heavy atom. The molecular formula is C32H35NO2P. The van der Waals surface area contributed by atoms with Crippen molar-refractivity contribution in [3.05, 3.63) is 105 Å². The van der Waals surface area contributed by atoms with Gasteiger partial charge in [-0.2, -0.15) is 0 Å². The van der Waals surface area contributed by atoms with Crippen LogP contribution in [0.1, 0.15) is 28.7 Å². The molecule has 0 N–H and O–H groups in total. The van der Waals surface area contributed by atoms with Crippen molar-refractivity contribution in [1.82, 2.24) is 4.90 Å². The summed E-state index contributed by atoms with van der Waals surface area (Å²) < 4.78 is 11.4. The van der Waals surface area contributed by atoms with E-state index in [1.165, 1.54) is 21.5 Å². The first-order valence-corrected chi connectivity index (χ1v) is 13.6. The van der Waals surface area contributed by atoms with E-state index in [1.807, 2.05) is 0 Å². The van der Waals surface area contributed by atoms with E-state index in [0.29, 0.717) is 0 Å². The molecule has 0 fully saturated rings. The molecule has 2 aliphatic carbocycles. The lowest BCUT2D eigenvalue weighted by molar-refractivity contribution is 0.366. The number of aryl methyl sites for hydroxylation is 4. The molecule has 0 amide bonds. The Kier molecular flexibility index (Phi) is 7.92. The number of likely N-dealkylation sites (N-methyl/N-ethyl adjacent to an activating group) is 1. The van der Waals surface area contributed by atoms with Crippen molar-refractivity contribution in [2.45, 2.75) is 40.2 Å². The number of nitrogens with zero attached hydrogens (tertiary/aromatic N) is 1. The highest BCUT2D eigenvalue weighted by atomic mass is 31.1. The van der Waals surface area contributed by atoms with Gasteiger partial charge in [0.25, 0.3) is 0 Å². The summed E-state index contributed by atoms with van der Waals surface area (Å²) >= 11 is 0. The van der Waals surface area contributed by atoms with Crippen molar-refractivity contribution in [2.24, 2.45) is 0 Å². The molecule has 36 heavy (non-hydrogen) atoms. The highest BCUT2D eigenvalue weighted by Crippen LogP contribution is 2.50. The van der Waals surface area contributed by atoms with Crippen molar-refractivity contribution in [1.29, 1.82) is 0 Å². The molecule has 0 spiro atoms. The van der Waals surface area contributed by atoms with Gasteiger partial charge in [-0.25, -0.2) is 0 Å². The van der Waals surface area contributed by atoms with Crippen molar-refractivity contribution in [3.63, 3.8) is 0 Å². The summed E-state index contributed by atoms with van der Waals surface area (Å²) in [5.74, 6) is 1.89. The van der Waals surface area contributed by atoms with Gasteiger partial charge in [0, 0.05) is 17.3 Å². The van der Waals surface area contributed by atoms with Gasteiger partial charge in [-0.3, -0.25) is 4.90 Å². The van der Waals surface area contributed by atoms with E-state index in [-0.39, 0.29) is 6.04 Å². The number of hydrogen-bond acceptors (Lipinski definition) is 3. The molecule has 0 saturated heterocycles. The summed E-state index contributed by atoms with van der Waals surface area (Å²) in [6, 6.07) is 9.21. The Hall–Kier alpha value is -3.01. The maximum absolute atomic E-state index is 5.69. The number of benzene rings is 2. The number of rotatable bonds is 8. The first-order valence-electron chi connectivity index (χ1n) is 12.2. The molecule has 0 saturated carbocycles. The molecule has 1 radical (unpaired) electrons. The summed E-state index contributed by atoms with van der Waals surface area (Å²) in [4.78, 5) is 2.28. The molecule has 1 atom stereocenters. The number of allylic oxidation sites excluding steroid dienone is 3. The summed E-state index contributed by atoms with van der Waals surface area (Å²) in [5.41, 5.74) is 17.3. The van der Waals surface area contributed by atoms with Crippen LogP contribution in [0.25, 0.3) is 0 Å². The quantitative estimate of drug-likeness (QED) is 0.325. The average Bonchev–Trinajstić information content (AvgIpc) is 3.28. The Morgan fingerprint density at radius 1 is 0.833 bits per heavy atom. The van der Waals surface area contributed by atoms with Gasteiger partial charge in [0.15, 0.2) is 0 Å². The van der Waals surface area contributed by atoms with Gasteiger partial charge in [0.05, 0.1) is 20.3 Å². The minimum atomic E-state index is -0.919. The van der Waals surface area contributed by atoms with Crippen LogP contribution >= 0.6 is 7.92 Å². The van der Waals surface area contributed by atoms with Gasteiger partial charge < -0.3 is 9.47 Å². The van der Waals surface area contributed by atoms with Gasteiger partial charge in [-0.1, -0.05) is 29.7 Å². The first kappa shape index (κ1) is 26.1. The molecule has 2 aliphatic rings. The molecular weight excluding hydrogens is 461 g/mol. The third kappa shape index (κ3) is 4.96. The molecule has 4 rings (SSSR count). The fraction of sp³-hybridized carbons (Fsp3) is 0.312. The molecule has 0 heterocycles.